The molecule has 1 aliphatic rings. The zero-order valence-electron chi connectivity index (χ0n) is 14.0. The van der Waals surface area contributed by atoms with Gasteiger partial charge in [0.05, 0.1) is 37.0 Å². The van der Waals surface area contributed by atoms with Crippen molar-refractivity contribution in [3.8, 4) is 0 Å². The standard InChI is InChI=1S/C17H19NO7/c1-23-15(20)11-6-7-12(17(22)24-2)13(8-11)18-14(19)9-25-16(21)10-4-3-5-10/h6-8,10H,3-5,9H2,1-2H3,(H,18,19). The first-order valence-electron chi connectivity index (χ1n) is 7.73. The van der Waals surface area contributed by atoms with Gasteiger partial charge in [-0.25, -0.2) is 9.59 Å². The minimum Gasteiger partial charge on any atom is -0.465 e. The summed E-state index contributed by atoms with van der Waals surface area (Å²) in [4.78, 5) is 47.1. The number of nitrogens with one attached hydrogen (secondary N) is 1. The highest BCUT2D eigenvalue weighted by molar-refractivity contribution is 6.04. The number of methoxy groups -OCH3 is 2. The van der Waals surface area contributed by atoms with Gasteiger partial charge < -0.3 is 19.5 Å². The van der Waals surface area contributed by atoms with Crippen molar-refractivity contribution < 1.29 is 33.4 Å². The smallest absolute Gasteiger partial charge is 0.339 e. The maximum atomic E-state index is 12.0. The zero-order chi connectivity index (χ0) is 18.4. The van der Waals surface area contributed by atoms with Gasteiger partial charge in [-0.2, -0.15) is 0 Å². The van der Waals surface area contributed by atoms with Crippen LogP contribution in [-0.2, 0) is 23.8 Å². The molecule has 1 aromatic carbocycles. The predicted octanol–water partition coefficient (Wildman–Crippen LogP) is 1.54. The molecule has 0 atom stereocenters. The van der Waals surface area contributed by atoms with Crippen molar-refractivity contribution in [1.29, 1.82) is 0 Å². The first-order chi connectivity index (χ1) is 12.0. The van der Waals surface area contributed by atoms with Gasteiger partial charge in [0.2, 0.25) is 0 Å². The van der Waals surface area contributed by atoms with E-state index in [4.69, 9.17) is 4.74 Å². The number of benzene rings is 1. The molecule has 0 radical (unpaired) electrons. The van der Waals surface area contributed by atoms with E-state index in [-0.39, 0.29) is 22.7 Å². The Hall–Kier alpha value is -2.90. The monoisotopic (exact) mass is 349 g/mol. The average Bonchev–Trinajstić information content (AvgIpc) is 2.57. The molecule has 0 aromatic heterocycles. The van der Waals surface area contributed by atoms with Crippen molar-refractivity contribution in [3.63, 3.8) is 0 Å². The van der Waals surface area contributed by atoms with E-state index in [1.807, 2.05) is 0 Å². The number of carbonyl (C=O) groups is 4. The summed E-state index contributed by atoms with van der Waals surface area (Å²) >= 11 is 0. The van der Waals surface area contributed by atoms with E-state index in [2.05, 4.69) is 14.8 Å². The lowest BCUT2D eigenvalue weighted by molar-refractivity contribution is -0.154. The van der Waals surface area contributed by atoms with Gasteiger partial charge in [-0.05, 0) is 31.0 Å². The Kier molecular flexibility index (Phi) is 6.10. The van der Waals surface area contributed by atoms with Gasteiger partial charge in [-0.3, -0.25) is 9.59 Å². The largest absolute Gasteiger partial charge is 0.465 e. The van der Waals surface area contributed by atoms with Gasteiger partial charge in [0.1, 0.15) is 0 Å². The summed E-state index contributed by atoms with van der Waals surface area (Å²) in [6.07, 6.45) is 2.52. The fourth-order valence-corrected chi connectivity index (χ4v) is 2.27. The highest BCUT2D eigenvalue weighted by Crippen LogP contribution is 2.27. The van der Waals surface area contributed by atoms with Gasteiger partial charge >= 0.3 is 17.9 Å². The molecule has 0 unspecified atom stereocenters. The molecule has 1 aliphatic carbocycles. The van der Waals surface area contributed by atoms with E-state index in [1.165, 1.54) is 32.4 Å². The Morgan fingerprint density at radius 2 is 1.76 bits per heavy atom. The summed E-state index contributed by atoms with van der Waals surface area (Å²) in [7, 11) is 2.41. The van der Waals surface area contributed by atoms with Crippen LogP contribution in [0.1, 0.15) is 40.0 Å². The molecule has 0 heterocycles. The number of hydrogen-bond donors (Lipinski definition) is 1. The van der Waals surface area contributed by atoms with Crippen LogP contribution in [0, 0.1) is 5.92 Å². The number of carbonyl (C=O) groups excluding carboxylic acids is 4. The van der Waals surface area contributed by atoms with Crippen molar-refractivity contribution in [2.75, 3.05) is 26.1 Å². The molecule has 1 N–H and O–H groups in total. The molecule has 134 valence electrons. The SMILES string of the molecule is COC(=O)c1ccc(C(=O)OC)c(NC(=O)COC(=O)C2CCC2)c1. The fraction of sp³-hybridized carbons (Fsp3) is 0.412. The summed E-state index contributed by atoms with van der Waals surface area (Å²) in [6.45, 7) is -0.474. The number of hydrogen-bond acceptors (Lipinski definition) is 7. The minimum atomic E-state index is -0.682. The fourth-order valence-electron chi connectivity index (χ4n) is 2.27. The van der Waals surface area contributed by atoms with Crippen molar-refractivity contribution in [3.05, 3.63) is 29.3 Å². The van der Waals surface area contributed by atoms with Gasteiger partial charge in [-0.1, -0.05) is 6.42 Å². The number of anilines is 1. The molecule has 0 spiro atoms. The molecule has 0 saturated heterocycles. The molecule has 0 bridgehead atoms. The molecule has 1 aromatic rings. The zero-order valence-corrected chi connectivity index (χ0v) is 14.0. The van der Waals surface area contributed by atoms with Crippen molar-refractivity contribution in [2.45, 2.75) is 19.3 Å². The van der Waals surface area contributed by atoms with Crippen LogP contribution in [0.5, 0.6) is 0 Å². The number of ether oxygens (including phenoxy) is 3. The van der Waals surface area contributed by atoms with Gasteiger partial charge in [0.15, 0.2) is 6.61 Å². The molecule has 1 amide bonds. The third-order valence-electron chi connectivity index (χ3n) is 3.90. The van der Waals surface area contributed by atoms with Crippen molar-refractivity contribution in [1.82, 2.24) is 0 Å². The van der Waals surface area contributed by atoms with Crippen LogP contribution in [0.2, 0.25) is 0 Å². The highest BCUT2D eigenvalue weighted by atomic mass is 16.5. The number of esters is 3. The second-order valence-electron chi connectivity index (χ2n) is 5.53. The maximum Gasteiger partial charge on any atom is 0.339 e. The first kappa shape index (κ1) is 18.4. The topological polar surface area (TPSA) is 108 Å². The normalized spacial score (nSPS) is 13.4. The average molecular weight is 349 g/mol. The van der Waals surface area contributed by atoms with E-state index >= 15 is 0 Å². The first-order valence-corrected chi connectivity index (χ1v) is 7.73. The minimum absolute atomic E-state index is 0.0637. The van der Waals surface area contributed by atoms with E-state index < -0.39 is 30.4 Å². The van der Waals surface area contributed by atoms with Crippen LogP contribution >= 0.6 is 0 Å². The Bertz CT molecular complexity index is 694. The second kappa shape index (κ2) is 8.27. The van der Waals surface area contributed by atoms with Crippen LogP contribution in [0.4, 0.5) is 5.69 Å². The summed E-state index contributed by atoms with van der Waals surface area (Å²) in [6, 6.07) is 4.02. The van der Waals surface area contributed by atoms with Crippen LogP contribution < -0.4 is 5.32 Å². The second-order valence-corrected chi connectivity index (χ2v) is 5.53. The van der Waals surface area contributed by atoms with Crippen molar-refractivity contribution in [2.24, 2.45) is 5.92 Å². The lowest BCUT2D eigenvalue weighted by Crippen LogP contribution is -2.28. The van der Waals surface area contributed by atoms with Crippen LogP contribution in [0.3, 0.4) is 0 Å². The molecule has 25 heavy (non-hydrogen) atoms. The van der Waals surface area contributed by atoms with Gasteiger partial charge in [0, 0.05) is 0 Å². The summed E-state index contributed by atoms with van der Waals surface area (Å²) in [5, 5.41) is 2.45. The van der Waals surface area contributed by atoms with Crippen LogP contribution in [0.25, 0.3) is 0 Å². The highest BCUT2D eigenvalue weighted by Gasteiger charge is 2.27. The Morgan fingerprint density at radius 1 is 1.08 bits per heavy atom. The van der Waals surface area contributed by atoms with Gasteiger partial charge in [-0.15, -0.1) is 0 Å². The Morgan fingerprint density at radius 3 is 2.32 bits per heavy atom. The molecule has 1 saturated carbocycles. The Balaban J connectivity index is 2.08. The molecule has 0 aliphatic heterocycles. The number of rotatable bonds is 6. The Labute approximate surface area is 144 Å². The molecule has 8 nitrogen and oxygen atoms in total. The van der Waals surface area contributed by atoms with Gasteiger partial charge in [0.25, 0.3) is 5.91 Å². The van der Waals surface area contributed by atoms with E-state index in [9.17, 15) is 19.2 Å². The third-order valence-corrected chi connectivity index (χ3v) is 3.90. The predicted molar refractivity (Wildman–Crippen MR) is 86.1 cm³/mol. The molecule has 2 rings (SSSR count). The lowest BCUT2D eigenvalue weighted by atomic mass is 9.86. The third kappa shape index (κ3) is 4.56. The molecule has 1 fully saturated rings. The number of amides is 1. The molecular formula is C17H19NO7. The van der Waals surface area contributed by atoms with E-state index in [0.717, 1.165) is 19.3 Å². The van der Waals surface area contributed by atoms with Crippen LogP contribution in [-0.4, -0.2) is 44.6 Å². The molecular weight excluding hydrogens is 330 g/mol. The summed E-state index contributed by atoms with van der Waals surface area (Å²) in [5.74, 6) is -2.47. The summed E-state index contributed by atoms with van der Waals surface area (Å²) in [5.41, 5.74) is 0.283. The lowest BCUT2D eigenvalue weighted by Gasteiger charge is -2.22. The van der Waals surface area contributed by atoms with Crippen molar-refractivity contribution >= 4 is 29.5 Å². The van der Waals surface area contributed by atoms with E-state index in [0.29, 0.717) is 0 Å². The van der Waals surface area contributed by atoms with E-state index in [1.54, 1.807) is 0 Å². The quantitative estimate of drug-likeness (QED) is 0.613. The maximum absolute atomic E-state index is 12.0. The van der Waals surface area contributed by atoms with Crippen LogP contribution in [0.15, 0.2) is 18.2 Å². The molecule has 8 heteroatoms. The summed E-state index contributed by atoms with van der Waals surface area (Å²) < 4.78 is 14.2.